The molecule has 0 bridgehead atoms. The molecule has 0 saturated heterocycles. The van der Waals surface area contributed by atoms with Crippen LogP contribution in [0.15, 0.2) is 78.9 Å². The van der Waals surface area contributed by atoms with E-state index in [9.17, 15) is 14.7 Å². The molecule has 0 fully saturated rings. The van der Waals surface area contributed by atoms with Gasteiger partial charge in [0.1, 0.15) is 17.2 Å². The fourth-order valence-electron chi connectivity index (χ4n) is 5.41. The number of aromatic hydroxyl groups is 1. The van der Waals surface area contributed by atoms with Crippen molar-refractivity contribution in [3.05, 3.63) is 95.6 Å². The first-order valence-electron chi connectivity index (χ1n) is 17.8. The van der Waals surface area contributed by atoms with Crippen LogP contribution < -0.4 is 31.2 Å². The second-order valence-electron chi connectivity index (χ2n) is 14.4. The van der Waals surface area contributed by atoms with E-state index in [-0.39, 0.29) is 39.6 Å². The molecule has 0 radical (unpaired) electrons. The summed E-state index contributed by atoms with van der Waals surface area (Å²) in [6, 6.07) is 22.7. The quantitative estimate of drug-likeness (QED) is 0.0621. The van der Waals surface area contributed by atoms with Crippen LogP contribution in [0.2, 0.25) is 0 Å². The molecule has 0 aliphatic carbocycles. The fourth-order valence-corrected chi connectivity index (χ4v) is 5.41. The number of carbonyl (C=O) groups is 2. The molecule has 4 aromatic rings. The summed E-state index contributed by atoms with van der Waals surface area (Å²) >= 11 is 0. The average molecular weight is 695 g/mol. The van der Waals surface area contributed by atoms with Gasteiger partial charge in [-0.2, -0.15) is 0 Å². The molecule has 3 amide bonds. The summed E-state index contributed by atoms with van der Waals surface area (Å²) in [4.78, 5) is 27.0. The maximum Gasteiger partial charge on any atom is 0.323 e. The number of urea groups is 1. The van der Waals surface area contributed by atoms with Crippen LogP contribution in [0.25, 0.3) is 0 Å². The van der Waals surface area contributed by atoms with Crippen molar-refractivity contribution < 1.29 is 24.2 Å². The Kier molecular flexibility index (Phi) is 12.6. The first-order valence-corrected chi connectivity index (χ1v) is 17.8. The summed E-state index contributed by atoms with van der Waals surface area (Å²) in [5.41, 5.74) is 10.3. The highest BCUT2D eigenvalue weighted by atomic mass is 16.5. The van der Waals surface area contributed by atoms with Gasteiger partial charge in [-0.25, -0.2) is 4.79 Å². The summed E-state index contributed by atoms with van der Waals surface area (Å²) in [5, 5.41) is 19.4. The molecule has 1 atom stereocenters. The van der Waals surface area contributed by atoms with Gasteiger partial charge in [0.2, 0.25) is 0 Å². The molecule has 4 rings (SSSR count). The van der Waals surface area contributed by atoms with Gasteiger partial charge >= 0.3 is 6.03 Å². The SMILES string of the molecule is CCCCC(Oc1ccc(C(C)(C)CC)cc1C(C)(C)CC)C(=O)Nc1cc(O)c(NC(=O)Nc2ccc(N)cc2)cc1Oc1ccc(C)cc1. The van der Waals surface area contributed by atoms with Crippen LogP contribution >= 0.6 is 0 Å². The van der Waals surface area contributed by atoms with Gasteiger partial charge in [0.25, 0.3) is 5.91 Å². The number of carbonyl (C=O) groups excluding carboxylic acids is 2. The lowest BCUT2D eigenvalue weighted by Crippen LogP contribution is -2.34. The number of phenols is 1. The zero-order chi connectivity index (χ0) is 37.3. The lowest BCUT2D eigenvalue weighted by Gasteiger charge is -2.31. The Bertz CT molecular complexity index is 1800. The zero-order valence-corrected chi connectivity index (χ0v) is 31.3. The maximum atomic E-state index is 14.1. The summed E-state index contributed by atoms with van der Waals surface area (Å²) in [6.45, 7) is 17.3. The van der Waals surface area contributed by atoms with Gasteiger partial charge in [-0.1, -0.05) is 84.7 Å². The van der Waals surface area contributed by atoms with Crippen molar-refractivity contribution in [2.75, 3.05) is 21.7 Å². The van der Waals surface area contributed by atoms with Crippen molar-refractivity contribution in [3.8, 4) is 23.0 Å². The van der Waals surface area contributed by atoms with E-state index in [1.807, 2.05) is 37.3 Å². The van der Waals surface area contributed by atoms with E-state index in [0.29, 0.717) is 29.3 Å². The van der Waals surface area contributed by atoms with Crippen molar-refractivity contribution in [3.63, 3.8) is 0 Å². The number of unbranched alkanes of at least 4 members (excludes halogenated alkanes) is 1. The lowest BCUT2D eigenvalue weighted by atomic mass is 9.76. The first-order chi connectivity index (χ1) is 24.1. The van der Waals surface area contributed by atoms with Gasteiger partial charge in [0.15, 0.2) is 11.9 Å². The average Bonchev–Trinajstić information content (AvgIpc) is 3.10. The number of phenolic OH excluding ortho intramolecular Hbond substituents is 1. The van der Waals surface area contributed by atoms with Gasteiger partial charge in [0, 0.05) is 29.1 Å². The predicted octanol–water partition coefficient (Wildman–Crippen LogP) is 10.7. The highest BCUT2D eigenvalue weighted by Crippen LogP contribution is 2.41. The number of anilines is 4. The molecule has 4 aromatic carbocycles. The largest absolute Gasteiger partial charge is 0.506 e. The topological polar surface area (TPSA) is 135 Å². The Labute approximate surface area is 303 Å². The van der Waals surface area contributed by atoms with E-state index in [4.69, 9.17) is 15.2 Å². The zero-order valence-electron chi connectivity index (χ0n) is 31.3. The summed E-state index contributed by atoms with van der Waals surface area (Å²) in [6.07, 6.45) is 3.20. The molecule has 51 heavy (non-hydrogen) atoms. The van der Waals surface area contributed by atoms with Crippen LogP contribution in [0, 0.1) is 6.92 Å². The number of hydrogen-bond acceptors (Lipinski definition) is 6. The normalized spacial score (nSPS) is 12.2. The second kappa shape index (κ2) is 16.7. The number of nitrogens with one attached hydrogen (secondary N) is 3. The minimum absolute atomic E-state index is 0.0102. The molecule has 6 N–H and O–H groups in total. The molecule has 272 valence electrons. The molecule has 0 aliphatic rings. The third-order valence-corrected chi connectivity index (χ3v) is 9.66. The van der Waals surface area contributed by atoms with Crippen LogP contribution in [0.4, 0.5) is 27.5 Å². The van der Waals surface area contributed by atoms with Crippen LogP contribution in [0.1, 0.15) is 97.3 Å². The first kappa shape index (κ1) is 38.6. The Morgan fingerprint density at radius 1 is 0.784 bits per heavy atom. The smallest absolute Gasteiger partial charge is 0.323 e. The van der Waals surface area contributed by atoms with E-state index in [0.717, 1.165) is 36.8 Å². The third kappa shape index (κ3) is 10.2. The maximum absolute atomic E-state index is 14.1. The summed E-state index contributed by atoms with van der Waals surface area (Å²) in [7, 11) is 0. The molecule has 1 unspecified atom stereocenters. The molecular formula is C42H54N4O5. The Morgan fingerprint density at radius 2 is 1.45 bits per heavy atom. The number of aryl methyl sites for hydroxylation is 1. The molecule has 0 heterocycles. The minimum atomic E-state index is -0.820. The molecule has 0 aromatic heterocycles. The Hall–Kier alpha value is -5.18. The number of nitrogens with two attached hydrogens (primary N) is 1. The van der Waals surface area contributed by atoms with E-state index >= 15 is 0 Å². The van der Waals surface area contributed by atoms with Gasteiger partial charge < -0.3 is 36.3 Å². The predicted molar refractivity (Wildman–Crippen MR) is 209 cm³/mol. The minimum Gasteiger partial charge on any atom is -0.506 e. The van der Waals surface area contributed by atoms with Crippen LogP contribution in [-0.2, 0) is 15.6 Å². The van der Waals surface area contributed by atoms with Crippen molar-refractivity contribution in [2.45, 2.75) is 104 Å². The van der Waals surface area contributed by atoms with E-state index < -0.39 is 12.1 Å². The standard InChI is InChI=1S/C42H54N4O5/c1-9-12-13-37(51-36-23-16-28(41(5,6)10-2)24-32(36)42(7,8)11-3)39(48)45-34-25-35(47)33(26-38(34)50-31-21-14-27(4)15-22-31)46-40(49)44-30-19-17-29(43)18-20-30/h14-26,37,47H,9-13,43H2,1-8H3,(H,45,48)(H2,44,46,49). The number of nitrogen functional groups attached to an aromatic ring is 1. The molecular weight excluding hydrogens is 640 g/mol. The molecule has 0 aliphatic heterocycles. The van der Waals surface area contributed by atoms with Gasteiger partial charge in [-0.05, 0) is 91.5 Å². The Morgan fingerprint density at radius 3 is 2.08 bits per heavy atom. The molecule has 9 heteroatoms. The number of amides is 3. The van der Waals surface area contributed by atoms with Crippen molar-refractivity contribution in [2.24, 2.45) is 0 Å². The van der Waals surface area contributed by atoms with Crippen LogP contribution in [-0.4, -0.2) is 23.1 Å². The monoisotopic (exact) mass is 694 g/mol. The van der Waals surface area contributed by atoms with E-state index in [1.54, 1.807) is 24.3 Å². The highest BCUT2D eigenvalue weighted by Gasteiger charge is 2.30. The highest BCUT2D eigenvalue weighted by molar-refractivity contribution is 6.02. The van der Waals surface area contributed by atoms with Gasteiger partial charge in [-0.3, -0.25) is 4.79 Å². The van der Waals surface area contributed by atoms with Gasteiger partial charge in [-0.15, -0.1) is 0 Å². The van der Waals surface area contributed by atoms with Crippen molar-refractivity contribution >= 4 is 34.7 Å². The molecule has 0 saturated carbocycles. The van der Waals surface area contributed by atoms with Crippen molar-refractivity contribution in [1.82, 2.24) is 0 Å². The third-order valence-electron chi connectivity index (χ3n) is 9.66. The van der Waals surface area contributed by atoms with Crippen LogP contribution in [0.3, 0.4) is 0 Å². The second-order valence-corrected chi connectivity index (χ2v) is 14.4. The van der Waals surface area contributed by atoms with E-state index in [1.165, 1.54) is 17.7 Å². The number of rotatable bonds is 15. The molecule has 0 spiro atoms. The number of benzene rings is 4. The summed E-state index contributed by atoms with van der Waals surface area (Å²) in [5.74, 6) is 0.775. The van der Waals surface area contributed by atoms with E-state index in [2.05, 4.69) is 76.5 Å². The van der Waals surface area contributed by atoms with Crippen LogP contribution in [0.5, 0.6) is 23.0 Å². The summed E-state index contributed by atoms with van der Waals surface area (Å²) < 4.78 is 12.9. The molecule has 9 nitrogen and oxygen atoms in total. The number of ether oxygens (including phenoxy) is 2. The van der Waals surface area contributed by atoms with Gasteiger partial charge in [0.05, 0.1) is 11.4 Å². The number of hydrogen-bond donors (Lipinski definition) is 5. The lowest BCUT2D eigenvalue weighted by molar-refractivity contribution is -0.123. The van der Waals surface area contributed by atoms with Crippen molar-refractivity contribution in [1.29, 1.82) is 0 Å². The Balaban J connectivity index is 1.67. The fraction of sp³-hybridized carbons (Fsp3) is 0.381.